The predicted molar refractivity (Wildman–Crippen MR) is 107 cm³/mol. The number of hydrogen-bond acceptors (Lipinski definition) is 3. The lowest BCUT2D eigenvalue weighted by molar-refractivity contribution is 0.272. The van der Waals surface area contributed by atoms with E-state index < -0.39 is 0 Å². The summed E-state index contributed by atoms with van der Waals surface area (Å²) in [5.74, 6) is 0. The largest absolute Gasteiger partial charge is 0.300 e. The molecule has 3 heteroatoms. The minimum atomic E-state index is 0.754. The van der Waals surface area contributed by atoms with Gasteiger partial charge in [0.25, 0.3) is 0 Å². The lowest BCUT2D eigenvalue weighted by Crippen LogP contribution is -2.28. The molecule has 2 aromatic carbocycles. The standard InChI is InChI=1S/C22H27N3/c1-17-5-3-13-25(23-17)22-10-9-20-15-19(7-8-21(20)16-22)11-14-24-12-4-6-18(24)2/h3,7-10,13,15-16,18H,4-6,11-12,14H2,1-2H3/t18-/m1/s1. The second kappa shape index (κ2) is 7.01. The van der Waals surface area contributed by atoms with E-state index in [9.17, 15) is 0 Å². The Balaban J connectivity index is 1.50. The van der Waals surface area contributed by atoms with Crippen LogP contribution in [0.3, 0.4) is 0 Å². The Morgan fingerprint density at radius 2 is 1.96 bits per heavy atom. The van der Waals surface area contributed by atoms with E-state index in [0.717, 1.165) is 30.3 Å². The van der Waals surface area contributed by atoms with Crippen LogP contribution < -0.4 is 5.01 Å². The number of benzene rings is 2. The molecule has 130 valence electrons. The molecule has 0 aromatic heterocycles. The third-order valence-electron chi connectivity index (χ3n) is 5.47. The third-order valence-corrected chi connectivity index (χ3v) is 5.47. The van der Waals surface area contributed by atoms with Crippen LogP contribution in [0.2, 0.25) is 0 Å². The van der Waals surface area contributed by atoms with Gasteiger partial charge in [-0.3, -0.25) is 0 Å². The van der Waals surface area contributed by atoms with Gasteiger partial charge >= 0.3 is 0 Å². The maximum Gasteiger partial charge on any atom is 0.0651 e. The summed E-state index contributed by atoms with van der Waals surface area (Å²) in [6, 6.07) is 14.3. The van der Waals surface area contributed by atoms with Gasteiger partial charge in [0.15, 0.2) is 0 Å². The fraction of sp³-hybridized carbons (Fsp3) is 0.409. The summed E-state index contributed by atoms with van der Waals surface area (Å²) in [7, 11) is 0. The molecule has 25 heavy (non-hydrogen) atoms. The van der Waals surface area contributed by atoms with E-state index in [1.807, 2.05) is 5.01 Å². The van der Waals surface area contributed by atoms with Crippen molar-refractivity contribution in [1.29, 1.82) is 0 Å². The average Bonchev–Trinajstić information content (AvgIpc) is 3.04. The van der Waals surface area contributed by atoms with E-state index in [1.54, 1.807) is 0 Å². The highest BCUT2D eigenvalue weighted by atomic mass is 15.4. The molecule has 2 aliphatic rings. The van der Waals surface area contributed by atoms with E-state index in [2.05, 4.69) is 72.5 Å². The van der Waals surface area contributed by atoms with Gasteiger partial charge in [-0.1, -0.05) is 30.3 Å². The lowest BCUT2D eigenvalue weighted by Gasteiger charge is -2.21. The predicted octanol–water partition coefficient (Wildman–Crippen LogP) is 4.97. The Morgan fingerprint density at radius 3 is 2.76 bits per heavy atom. The summed E-state index contributed by atoms with van der Waals surface area (Å²) in [5, 5.41) is 9.19. The van der Waals surface area contributed by atoms with Gasteiger partial charge in [-0.25, -0.2) is 5.01 Å². The first-order valence-electron chi connectivity index (χ1n) is 9.46. The van der Waals surface area contributed by atoms with Crippen molar-refractivity contribution >= 4 is 22.2 Å². The van der Waals surface area contributed by atoms with Crippen LogP contribution >= 0.6 is 0 Å². The van der Waals surface area contributed by atoms with Gasteiger partial charge in [0.2, 0.25) is 0 Å². The highest BCUT2D eigenvalue weighted by Crippen LogP contribution is 2.25. The molecular formula is C22H27N3. The van der Waals surface area contributed by atoms with Crippen molar-refractivity contribution in [3.05, 3.63) is 54.2 Å². The summed E-state index contributed by atoms with van der Waals surface area (Å²) in [5.41, 5.74) is 3.71. The van der Waals surface area contributed by atoms with Crippen molar-refractivity contribution in [2.24, 2.45) is 5.10 Å². The minimum Gasteiger partial charge on any atom is -0.300 e. The van der Waals surface area contributed by atoms with Crippen LogP contribution in [-0.4, -0.2) is 29.7 Å². The van der Waals surface area contributed by atoms with Crippen LogP contribution in [0.15, 0.2) is 53.8 Å². The molecule has 0 spiro atoms. The maximum absolute atomic E-state index is 4.62. The van der Waals surface area contributed by atoms with Crippen LogP contribution in [0.1, 0.15) is 38.7 Å². The number of rotatable bonds is 4. The second-order valence-electron chi connectivity index (χ2n) is 7.41. The Bertz CT molecular complexity index is 821. The molecule has 0 aliphatic carbocycles. The molecule has 0 amide bonds. The Kier molecular flexibility index (Phi) is 4.58. The van der Waals surface area contributed by atoms with Crippen LogP contribution in [0.25, 0.3) is 10.8 Å². The molecule has 2 aromatic rings. The van der Waals surface area contributed by atoms with Crippen molar-refractivity contribution in [3.8, 4) is 0 Å². The molecule has 2 heterocycles. The van der Waals surface area contributed by atoms with Gasteiger partial charge in [-0.05, 0) is 68.1 Å². The summed E-state index contributed by atoms with van der Waals surface area (Å²) in [6.07, 6.45) is 9.01. The summed E-state index contributed by atoms with van der Waals surface area (Å²) in [6.45, 7) is 6.87. The van der Waals surface area contributed by atoms with Gasteiger partial charge in [0.1, 0.15) is 0 Å². The molecular weight excluding hydrogens is 306 g/mol. The first-order chi connectivity index (χ1) is 12.2. The molecule has 3 nitrogen and oxygen atoms in total. The molecule has 0 saturated carbocycles. The van der Waals surface area contributed by atoms with Crippen molar-refractivity contribution in [1.82, 2.24) is 4.90 Å². The van der Waals surface area contributed by atoms with Crippen molar-refractivity contribution in [2.75, 3.05) is 18.1 Å². The molecule has 4 rings (SSSR count). The Morgan fingerprint density at radius 1 is 1.12 bits per heavy atom. The normalized spacial score (nSPS) is 21.1. The zero-order valence-corrected chi connectivity index (χ0v) is 15.3. The number of hydrogen-bond donors (Lipinski definition) is 0. The van der Waals surface area contributed by atoms with E-state index in [-0.39, 0.29) is 0 Å². The van der Waals surface area contributed by atoms with Gasteiger partial charge in [-0.15, -0.1) is 0 Å². The van der Waals surface area contributed by atoms with Crippen LogP contribution in [0.5, 0.6) is 0 Å². The Hall–Kier alpha value is -2.13. The fourth-order valence-corrected chi connectivity index (χ4v) is 3.90. The number of fused-ring (bicyclic) bond motifs is 1. The number of nitrogens with zero attached hydrogens (tertiary/aromatic N) is 3. The molecule has 1 atom stereocenters. The zero-order chi connectivity index (χ0) is 17.2. The van der Waals surface area contributed by atoms with E-state index in [1.165, 1.54) is 42.3 Å². The monoisotopic (exact) mass is 333 g/mol. The third kappa shape index (κ3) is 3.62. The topological polar surface area (TPSA) is 18.8 Å². The highest BCUT2D eigenvalue weighted by molar-refractivity contribution is 5.89. The Labute approximate surface area is 150 Å². The van der Waals surface area contributed by atoms with E-state index in [0.29, 0.717) is 0 Å². The van der Waals surface area contributed by atoms with Crippen molar-refractivity contribution in [3.63, 3.8) is 0 Å². The smallest absolute Gasteiger partial charge is 0.0651 e. The quantitative estimate of drug-likeness (QED) is 0.787. The molecule has 0 radical (unpaired) electrons. The summed E-state index contributed by atoms with van der Waals surface area (Å²) < 4.78 is 0. The fourth-order valence-electron chi connectivity index (χ4n) is 3.90. The molecule has 1 fully saturated rings. The lowest BCUT2D eigenvalue weighted by atomic mass is 10.0. The molecule has 2 aliphatic heterocycles. The summed E-state index contributed by atoms with van der Waals surface area (Å²) >= 11 is 0. The minimum absolute atomic E-state index is 0.754. The molecule has 0 unspecified atom stereocenters. The van der Waals surface area contributed by atoms with E-state index >= 15 is 0 Å². The molecule has 0 bridgehead atoms. The van der Waals surface area contributed by atoms with Gasteiger partial charge in [0.05, 0.1) is 5.69 Å². The number of anilines is 1. The average molecular weight is 333 g/mol. The highest BCUT2D eigenvalue weighted by Gasteiger charge is 2.19. The first kappa shape index (κ1) is 16.3. The SMILES string of the molecule is CC1=NN(c2ccc3cc(CCN4CCC[C@H]4C)ccc3c2)C=CC1. The maximum atomic E-state index is 4.62. The van der Waals surface area contributed by atoms with Crippen molar-refractivity contribution in [2.45, 2.75) is 45.6 Å². The second-order valence-corrected chi connectivity index (χ2v) is 7.41. The van der Waals surface area contributed by atoms with Gasteiger partial charge < -0.3 is 4.90 Å². The molecule has 1 saturated heterocycles. The zero-order valence-electron chi connectivity index (χ0n) is 15.3. The van der Waals surface area contributed by atoms with Crippen LogP contribution in [0, 0.1) is 0 Å². The van der Waals surface area contributed by atoms with Gasteiger partial charge in [-0.2, -0.15) is 5.10 Å². The van der Waals surface area contributed by atoms with E-state index in [4.69, 9.17) is 0 Å². The first-order valence-corrected chi connectivity index (χ1v) is 9.46. The van der Waals surface area contributed by atoms with Crippen LogP contribution in [0.4, 0.5) is 5.69 Å². The van der Waals surface area contributed by atoms with Crippen LogP contribution in [-0.2, 0) is 6.42 Å². The van der Waals surface area contributed by atoms with Gasteiger partial charge in [0, 0.05) is 30.9 Å². The number of likely N-dealkylation sites (tertiary alicyclic amines) is 1. The number of allylic oxidation sites excluding steroid dienone is 1. The van der Waals surface area contributed by atoms with Crippen molar-refractivity contribution < 1.29 is 0 Å². The molecule has 0 N–H and O–H groups in total. The number of hydrazone groups is 1. The summed E-state index contributed by atoms with van der Waals surface area (Å²) in [4.78, 5) is 2.62.